The molecule has 4 nitrogen and oxygen atoms in total. The molecule has 2 atom stereocenters. The summed E-state index contributed by atoms with van der Waals surface area (Å²) in [4.78, 5) is 10.7. The maximum absolute atomic E-state index is 10.7. The van der Waals surface area contributed by atoms with Crippen molar-refractivity contribution in [2.45, 2.75) is 63.6 Å². The van der Waals surface area contributed by atoms with E-state index in [1.54, 1.807) is 5.57 Å². The fraction of sp³-hybridized carbons (Fsp3) is 0.550. The van der Waals surface area contributed by atoms with Crippen LogP contribution in [-0.2, 0) is 0 Å². The monoisotopic (exact) mass is 364 g/mol. The van der Waals surface area contributed by atoms with Crippen molar-refractivity contribution in [3.05, 3.63) is 41.5 Å². The van der Waals surface area contributed by atoms with E-state index in [1.165, 1.54) is 12.0 Å². The lowest BCUT2D eigenvalue weighted by Gasteiger charge is -2.29. The fourth-order valence-electron chi connectivity index (χ4n) is 3.91. The Balaban J connectivity index is 0.00000225. The number of carboxylic acid groups (broad SMARTS) is 1. The lowest BCUT2D eigenvalue weighted by Crippen LogP contribution is -2.42. The second kappa shape index (κ2) is 9.25. The number of hydrogen-bond donors (Lipinski definition) is 3. The van der Waals surface area contributed by atoms with Crippen molar-refractivity contribution < 1.29 is 9.90 Å². The Labute approximate surface area is 156 Å². The Bertz CT molecular complexity index is 583. The molecule has 0 aliphatic heterocycles. The van der Waals surface area contributed by atoms with Crippen molar-refractivity contribution in [2.24, 2.45) is 5.92 Å². The molecule has 2 fully saturated rings. The first-order valence-electron chi connectivity index (χ1n) is 9.16. The highest BCUT2D eigenvalue weighted by atomic mass is 35.5. The van der Waals surface area contributed by atoms with Gasteiger partial charge in [0, 0.05) is 18.1 Å². The number of halogens is 1. The van der Waals surface area contributed by atoms with Crippen LogP contribution in [-0.4, -0.2) is 29.3 Å². The molecule has 25 heavy (non-hydrogen) atoms. The van der Waals surface area contributed by atoms with Gasteiger partial charge in [-0.05, 0) is 50.0 Å². The highest BCUT2D eigenvalue weighted by Gasteiger charge is 2.40. The lowest BCUT2D eigenvalue weighted by molar-refractivity contribution is 0.183. The quantitative estimate of drug-likeness (QED) is 0.698. The van der Waals surface area contributed by atoms with Crippen LogP contribution in [0, 0.1) is 5.92 Å². The SMILES string of the molecule is CCC(=Cc1ccccc1)[C@@H]1C[C@H]1N[C@H]1CC[C@@H](NC(=O)O)CC1.Cl. The summed E-state index contributed by atoms with van der Waals surface area (Å²) in [7, 11) is 0. The normalized spacial score (nSPS) is 28.8. The molecule has 1 amide bonds. The number of carbonyl (C=O) groups is 1. The minimum Gasteiger partial charge on any atom is -0.465 e. The Hall–Kier alpha value is -1.52. The van der Waals surface area contributed by atoms with E-state index in [0.29, 0.717) is 18.0 Å². The summed E-state index contributed by atoms with van der Waals surface area (Å²) in [6.07, 6.45) is 7.82. The zero-order chi connectivity index (χ0) is 16.9. The van der Waals surface area contributed by atoms with E-state index in [1.807, 2.05) is 0 Å². The van der Waals surface area contributed by atoms with E-state index >= 15 is 0 Å². The molecular weight excluding hydrogens is 336 g/mol. The number of benzene rings is 1. The van der Waals surface area contributed by atoms with Crippen LogP contribution in [0.4, 0.5) is 4.79 Å². The van der Waals surface area contributed by atoms with Crippen LogP contribution in [0.2, 0.25) is 0 Å². The predicted molar refractivity (Wildman–Crippen MR) is 104 cm³/mol. The molecule has 0 saturated heterocycles. The van der Waals surface area contributed by atoms with E-state index < -0.39 is 6.09 Å². The van der Waals surface area contributed by atoms with Crippen molar-refractivity contribution in [3.8, 4) is 0 Å². The van der Waals surface area contributed by atoms with Gasteiger partial charge < -0.3 is 15.7 Å². The van der Waals surface area contributed by atoms with E-state index in [4.69, 9.17) is 5.11 Å². The van der Waals surface area contributed by atoms with Crippen molar-refractivity contribution in [1.29, 1.82) is 0 Å². The molecule has 2 aliphatic carbocycles. The molecule has 0 radical (unpaired) electrons. The molecule has 5 heteroatoms. The third kappa shape index (κ3) is 5.75. The molecule has 2 aliphatic rings. The highest BCUT2D eigenvalue weighted by Crippen LogP contribution is 2.40. The van der Waals surface area contributed by atoms with Crippen LogP contribution in [0.25, 0.3) is 6.08 Å². The Morgan fingerprint density at radius 1 is 1.16 bits per heavy atom. The molecule has 0 unspecified atom stereocenters. The molecule has 0 spiro atoms. The highest BCUT2D eigenvalue weighted by molar-refractivity contribution is 5.85. The molecule has 3 rings (SSSR count). The first-order chi connectivity index (χ1) is 11.7. The van der Waals surface area contributed by atoms with Crippen molar-refractivity contribution in [2.75, 3.05) is 0 Å². The molecular formula is C20H29ClN2O2. The maximum atomic E-state index is 10.7. The summed E-state index contributed by atoms with van der Waals surface area (Å²) >= 11 is 0. The summed E-state index contributed by atoms with van der Waals surface area (Å²) < 4.78 is 0. The van der Waals surface area contributed by atoms with Crippen LogP contribution in [0.5, 0.6) is 0 Å². The van der Waals surface area contributed by atoms with Crippen molar-refractivity contribution >= 4 is 24.6 Å². The first kappa shape index (κ1) is 19.8. The van der Waals surface area contributed by atoms with E-state index in [9.17, 15) is 4.79 Å². The van der Waals surface area contributed by atoms with Gasteiger partial charge in [0.1, 0.15) is 0 Å². The fourth-order valence-corrected chi connectivity index (χ4v) is 3.91. The van der Waals surface area contributed by atoms with Gasteiger partial charge in [-0.2, -0.15) is 0 Å². The number of rotatable bonds is 6. The largest absolute Gasteiger partial charge is 0.465 e. The maximum Gasteiger partial charge on any atom is 0.404 e. The van der Waals surface area contributed by atoms with Gasteiger partial charge in [-0.15, -0.1) is 12.4 Å². The number of nitrogens with one attached hydrogen (secondary N) is 2. The summed E-state index contributed by atoms with van der Waals surface area (Å²) in [6.45, 7) is 2.24. The Morgan fingerprint density at radius 2 is 1.80 bits per heavy atom. The minimum atomic E-state index is -0.896. The molecule has 1 aromatic rings. The van der Waals surface area contributed by atoms with Crippen molar-refractivity contribution in [3.63, 3.8) is 0 Å². The van der Waals surface area contributed by atoms with E-state index in [2.05, 4.69) is 54.0 Å². The molecule has 0 aromatic heterocycles. The van der Waals surface area contributed by atoms with Gasteiger partial charge in [0.05, 0.1) is 0 Å². The van der Waals surface area contributed by atoms with Crippen LogP contribution >= 0.6 is 12.4 Å². The smallest absolute Gasteiger partial charge is 0.404 e. The molecule has 0 bridgehead atoms. The summed E-state index contributed by atoms with van der Waals surface area (Å²) in [5, 5.41) is 15.2. The standard InChI is InChI=1S/C20H28N2O2.ClH/c1-2-15(12-14-6-4-3-5-7-14)18-13-19(18)21-16-8-10-17(11-9-16)22-20(23)24;/h3-7,12,16-19,21-22H,2,8-11,13H2,1H3,(H,23,24);1H/t16-,17+,18-,19+;/m0./s1. The second-order valence-corrected chi connectivity index (χ2v) is 7.10. The van der Waals surface area contributed by atoms with Crippen LogP contribution in [0.3, 0.4) is 0 Å². The summed E-state index contributed by atoms with van der Waals surface area (Å²) in [5.41, 5.74) is 2.83. The molecule has 1 aromatic carbocycles. The van der Waals surface area contributed by atoms with Gasteiger partial charge in [0.15, 0.2) is 0 Å². The van der Waals surface area contributed by atoms with Gasteiger partial charge >= 0.3 is 6.09 Å². The predicted octanol–water partition coefficient (Wildman–Crippen LogP) is 4.46. The van der Waals surface area contributed by atoms with Crippen LogP contribution < -0.4 is 10.6 Å². The Morgan fingerprint density at radius 3 is 2.40 bits per heavy atom. The van der Waals surface area contributed by atoms with Gasteiger partial charge in [0.2, 0.25) is 0 Å². The van der Waals surface area contributed by atoms with Crippen molar-refractivity contribution in [1.82, 2.24) is 10.6 Å². The number of hydrogen-bond acceptors (Lipinski definition) is 2. The topological polar surface area (TPSA) is 61.4 Å². The van der Waals surface area contributed by atoms with Gasteiger partial charge in [0.25, 0.3) is 0 Å². The summed E-state index contributed by atoms with van der Waals surface area (Å²) in [5.74, 6) is 0.671. The minimum absolute atomic E-state index is 0. The zero-order valence-corrected chi connectivity index (χ0v) is 15.6. The molecule has 3 N–H and O–H groups in total. The van der Waals surface area contributed by atoms with Gasteiger partial charge in [-0.3, -0.25) is 0 Å². The summed E-state index contributed by atoms with van der Waals surface area (Å²) in [6, 6.07) is 11.8. The zero-order valence-electron chi connectivity index (χ0n) is 14.8. The third-order valence-corrected chi connectivity index (χ3v) is 5.33. The third-order valence-electron chi connectivity index (χ3n) is 5.33. The average Bonchev–Trinajstić information content (AvgIpc) is 3.34. The van der Waals surface area contributed by atoms with Crippen LogP contribution in [0.1, 0.15) is 51.0 Å². The molecule has 2 saturated carbocycles. The first-order valence-corrected chi connectivity index (χ1v) is 9.16. The van der Waals surface area contributed by atoms with E-state index in [0.717, 1.165) is 32.1 Å². The molecule has 0 heterocycles. The Kier molecular flexibility index (Phi) is 7.33. The van der Waals surface area contributed by atoms with Gasteiger partial charge in [-0.25, -0.2) is 4.79 Å². The average molecular weight is 365 g/mol. The van der Waals surface area contributed by atoms with E-state index in [-0.39, 0.29) is 18.4 Å². The molecule has 138 valence electrons. The van der Waals surface area contributed by atoms with Gasteiger partial charge in [-0.1, -0.05) is 48.9 Å². The lowest BCUT2D eigenvalue weighted by atomic mass is 9.91. The second-order valence-electron chi connectivity index (χ2n) is 7.10. The van der Waals surface area contributed by atoms with Crippen LogP contribution in [0.15, 0.2) is 35.9 Å². The number of amides is 1.